The van der Waals surface area contributed by atoms with Crippen molar-refractivity contribution in [2.45, 2.75) is 38.6 Å². The predicted octanol–water partition coefficient (Wildman–Crippen LogP) is 3.90. The van der Waals surface area contributed by atoms with Crippen molar-refractivity contribution in [2.75, 3.05) is 5.32 Å². The molecule has 1 atom stereocenters. The second-order valence-corrected chi connectivity index (χ2v) is 6.88. The number of anilines is 1. The Morgan fingerprint density at radius 1 is 1.41 bits per heavy atom. The van der Waals surface area contributed by atoms with Crippen LogP contribution in [-0.4, -0.2) is 15.7 Å². The zero-order valence-corrected chi connectivity index (χ0v) is 13.4. The summed E-state index contributed by atoms with van der Waals surface area (Å²) in [6.45, 7) is 5.98. The molecular weight excluding hydrogens is 305 g/mol. The first kappa shape index (κ1) is 15.0. The number of aromatic nitrogens is 2. The van der Waals surface area contributed by atoms with Crippen molar-refractivity contribution >= 4 is 23.3 Å². The van der Waals surface area contributed by atoms with Gasteiger partial charge in [-0.3, -0.25) is 4.79 Å². The fraction of sp³-hybridized carbons (Fsp3) is 0.375. The number of halogens is 2. The topological polar surface area (TPSA) is 46.9 Å². The Morgan fingerprint density at radius 3 is 2.77 bits per heavy atom. The van der Waals surface area contributed by atoms with E-state index in [0.29, 0.717) is 16.4 Å². The number of fused-ring (bicyclic) bond motifs is 1. The molecule has 1 aliphatic heterocycles. The highest BCUT2D eigenvalue weighted by Crippen LogP contribution is 2.41. The minimum Gasteiger partial charge on any atom is -0.311 e. The summed E-state index contributed by atoms with van der Waals surface area (Å²) in [5.41, 5.74) is 0.858. The van der Waals surface area contributed by atoms with Crippen LogP contribution < -0.4 is 5.32 Å². The van der Waals surface area contributed by atoms with Crippen LogP contribution in [0.25, 0.3) is 0 Å². The molecule has 6 heteroatoms. The van der Waals surface area contributed by atoms with Crippen LogP contribution in [-0.2, 0) is 10.3 Å². The summed E-state index contributed by atoms with van der Waals surface area (Å²) in [5, 5.41) is 7.55. The molecule has 0 spiro atoms. The minimum atomic E-state index is -0.423. The van der Waals surface area contributed by atoms with Crippen LogP contribution in [0.5, 0.6) is 0 Å². The predicted molar refractivity (Wildman–Crippen MR) is 83.7 cm³/mol. The second kappa shape index (κ2) is 5.09. The van der Waals surface area contributed by atoms with Gasteiger partial charge in [0.25, 0.3) is 0 Å². The Morgan fingerprint density at radius 2 is 2.14 bits per heavy atom. The number of amides is 1. The van der Waals surface area contributed by atoms with E-state index in [1.54, 1.807) is 23.0 Å². The lowest BCUT2D eigenvalue weighted by atomic mass is 9.87. The van der Waals surface area contributed by atoms with Gasteiger partial charge in [-0.15, -0.1) is 0 Å². The quantitative estimate of drug-likeness (QED) is 0.865. The highest BCUT2D eigenvalue weighted by Gasteiger charge is 2.34. The third-order valence-electron chi connectivity index (χ3n) is 3.80. The third kappa shape index (κ3) is 2.39. The summed E-state index contributed by atoms with van der Waals surface area (Å²) in [6.07, 6.45) is 1.84. The van der Waals surface area contributed by atoms with Gasteiger partial charge >= 0.3 is 0 Å². The van der Waals surface area contributed by atoms with Gasteiger partial charge in [-0.05, 0) is 32.9 Å². The standard InChI is InChI=1S/C16H17ClFN3O/c1-16(2,3)21-15-10(8-19-21)9(7-13(22)20-15)14-11(17)5-4-6-12(14)18/h4-6,8-9H,7H2,1-3H3,(H,20,22)/t9-/m1/s1. The number of nitrogens with zero attached hydrogens (tertiary/aromatic N) is 2. The van der Waals surface area contributed by atoms with Gasteiger partial charge in [0.1, 0.15) is 11.6 Å². The zero-order chi connectivity index (χ0) is 16.1. The van der Waals surface area contributed by atoms with Crippen molar-refractivity contribution in [1.82, 2.24) is 9.78 Å². The Kier molecular flexibility index (Phi) is 3.48. The van der Waals surface area contributed by atoms with Crippen LogP contribution in [0.2, 0.25) is 5.02 Å². The first-order valence-corrected chi connectivity index (χ1v) is 7.49. The minimum absolute atomic E-state index is 0.156. The summed E-state index contributed by atoms with van der Waals surface area (Å²) in [4.78, 5) is 12.1. The van der Waals surface area contributed by atoms with Gasteiger partial charge in [0, 0.05) is 28.5 Å². The fourth-order valence-corrected chi connectivity index (χ4v) is 3.12. The number of rotatable bonds is 1. The molecule has 0 radical (unpaired) electrons. The molecule has 2 heterocycles. The van der Waals surface area contributed by atoms with E-state index in [1.165, 1.54) is 6.07 Å². The van der Waals surface area contributed by atoms with E-state index in [4.69, 9.17) is 11.6 Å². The van der Waals surface area contributed by atoms with Crippen LogP contribution in [0.3, 0.4) is 0 Å². The maximum atomic E-state index is 14.3. The molecule has 2 aromatic rings. The number of carbonyl (C=O) groups excluding carboxylic acids is 1. The lowest BCUT2D eigenvalue weighted by molar-refractivity contribution is -0.116. The average Bonchev–Trinajstić information content (AvgIpc) is 2.81. The van der Waals surface area contributed by atoms with Gasteiger partial charge in [0.05, 0.1) is 11.7 Å². The van der Waals surface area contributed by atoms with Gasteiger partial charge < -0.3 is 5.32 Å². The number of carbonyl (C=O) groups is 1. The average molecular weight is 322 g/mol. The molecule has 1 aliphatic rings. The molecule has 22 heavy (non-hydrogen) atoms. The summed E-state index contributed by atoms with van der Waals surface area (Å²) in [7, 11) is 0. The third-order valence-corrected chi connectivity index (χ3v) is 4.13. The van der Waals surface area contributed by atoms with Crippen LogP contribution in [0.4, 0.5) is 10.2 Å². The molecule has 3 rings (SSSR count). The van der Waals surface area contributed by atoms with Crippen molar-refractivity contribution < 1.29 is 9.18 Å². The largest absolute Gasteiger partial charge is 0.311 e. The Labute approximate surface area is 133 Å². The van der Waals surface area contributed by atoms with Gasteiger partial charge in [0.15, 0.2) is 0 Å². The Balaban J connectivity index is 2.18. The highest BCUT2D eigenvalue weighted by molar-refractivity contribution is 6.31. The normalized spacial score (nSPS) is 18.0. The van der Waals surface area contributed by atoms with Gasteiger partial charge in [0.2, 0.25) is 5.91 Å². The number of hydrogen-bond acceptors (Lipinski definition) is 2. The molecule has 1 amide bonds. The molecule has 4 nitrogen and oxygen atoms in total. The van der Waals surface area contributed by atoms with E-state index in [2.05, 4.69) is 10.4 Å². The van der Waals surface area contributed by atoms with Crippen molar-refractivity contribution in [3.63, 3.8) is 0 Å². The summed E-state index contributed by atoms with van der Waals surface area (Å²) >= 11 is 6.17. The SMILES string of the molecule is CC(C)(C)n1ncc2c1NC(=O)C[C@H]2c1c(F)cccc1Cl. The van der Waals surface area contributed by atoms with Gasteiger partial charge in [-0.1, -0.05) is 17.7 Å². The van der Waals surface area contributed by atoms with E-state index in [1.807, 2.05) is 20.8 Å². The number of benzene rings is 1. The summed E-state index contributed by atoms with van der Waals surface area (Å²) < 4.78 is 16.0. The van der Waals surface area contributed by atoms with E-state index in [-0.39, 0.29) is 17.9 Å². The van der Waals surface area contributed by atoms with E-state index in [0.717, 1.165) is 5.56 Å². The van der Waals surface area contributed by atoms with Crippen molar-refractivity contribution in [2.24, 2.45) is 0 Å². The maximum Gasteiger partial charge on any atom is 0.226 e. The lowest BCUT2D eigenvalue weighted by Gasteiger charge is -2.28. The van der Waals surface area contributed by atoms with E-state index in [9.17, 15) is 9.18 Å². The molecule has 0 aliphatic carbocycles. The van der Waals surface area contributed by atoms with Crippen LogP contribution >= 0.6 is 11.6 Å². The smallest absolute Gasteiger partial charge is 0.226 e. The van der Waals surface area contributed by atoms with E-state index >= 15 is 0 Å². The molecule has 0 saturated carbocycles. The van der Waals surface area contributed by atoms with Crippen molar-refractivity contribution in [3.8, 4) is 0 Å². The second-order valence-electron chi connectivity index (χ2n) is 6.47. The molecule has 1 aromatic heterocycles. The van der Waals surface area contributed by atoms with Crippen LogP contribution in [0, 0.1) is 5.82 Å². The fourth-order valence-electron chi connectivity index (χ4n) is 2.83. The van der Waals surface area contributed by atoms with Crippen LogP contribution in [0.1, 0.15) is 44.2 Å². The van der Waals surface area contributed by atoms with Crippen molar-refractivity contribution in [3.05, 3.63) is 46.4 Å². The monoisotopic (exact) mass is 321 g/mol. The van der Waals surface area contributed by atoms with E-state index < -0.39 is 11.7 Å². The number of nitrogens with one attached hydrogen (secondary N) is 1. The molecule has 0 bridgehead atoms. The number of hydrogen-bond donors (Lipinski definition) is 1. The zero-order valence-electron chi connectivity index (χ0n) is 12.7. The van der Waals surface area contributed by atoms with Gasteiger partial charge in [-0.25, -0.2) is 9.07 Å². The molecule has 0 unspecified atom stereocenters. The van der Waals surface area contributed by atoms with Crippen LogP contribution in [0.15, 0.2) is 24.4 Å². The molecule has 0 saturated heterocycles. The Hall–Kier alpha value is -1.88. The first-order chi connectivity index (χ1) is 10.3. The first-order valence-electron chi connectivity index (χ1n) is 7.11. The highest BCUT2D eigenvalue weighted by atomic mass is 35.5. The molecule has 116 valence electrons. The summed E-state index contributed by atoms with van der Waals surface area (Å²) in [6, 6.07) is 4.56. The summed E-state index contributed by atoms with van der Waals surface area (Å²) in [5.74, 6) is -0.369. The maximum absolute atomic E-state index is 14.3. The molecule has 1 N–H and O–H groups in total. The van der Waals surface area contributed by atoms with Crippen molar-refractivity contribution in [1.29, 1.82) is 0 Å². The lowest BCUT2D eigenvalue weighted by Crippen LogP contribution is -2.30. The Bertz CT molecular complexity index is 728. The molecule has 1 aromatic carbocycles. The molecular formula is C16H17ClFN3O. The van der Waals surface area contributed by atoms with Gasteiger partial charge in [-0.2, -0.15) is 5.10 Å². The molecule has 0 fully saturated rings.